The van der Waals surface area contributed by atoms with Gasteiger partial charge in [-0.05, 0) is 60.0 Å². The molecule has 0 bridgehead atoms. The van der Waals surface area contributed by atoms with Crippen molar-refractivity contribution >= 4 is 25.7 Å². The zero-order valence-corrected chi connectivity index (χ0v) is 18.4. The molecule has 0 aliphatic rings. The van der Waals surface area contributed by atoms with Crippen LogP contribution in [0.2, 0.25) is 0 Å². The molecule has 0 amide bonds. The van der Waals surface area contributed by atoms with Gasteiger partial charge in [0.15, 0.2) is 0 Å². The van der Waals surface area contributed by atoms with Gasteiger partial charge in [-0.1, -0.05) is 24.3 Å². The van der Waals surface area contributed by atoms with E-state index in [2.05, 4.69) is 9.44 Å². The second kappa shape index (κ2) is 9.31. The Hall–Kier alpha value is -2.89. The maximum atomic E-state index is 14.6. The summed E-state index contributed by atoms with van der Waals surface area (Å²) in [5.41, 5.74) is 0.550. The number of halogens is 3. The Morgan fingerprint density at radius 1 is 0.844 bits per heavy atom. The minimum absolute atomic E-state index is 0.0320. The summed E-state index contributed by atoms with van der Waals surface area (Å²) in [4.78, 5) is -0.725. The molecule has 0 spiro atoms. The summed E-state index contributed by atoms with van der Waals surface area (Å²) in [6.07, 6.45) is 0.836. The number of anilines is 1. The molecule has 0 heterocycles. The van der Waals surface area contributed by atoms with E-state index >= 15 is 0 Å². The highest BCUT2D eigenvalue weighted by Gasteiger charge is 2.25. The SMILES string of the molecule is CS(=O)(=O)Nc1ccc(S(=O)(=O)NC(Cc2cccc(F)c2)c2cccc(F)c2)c(F)c1. The normalized spacial score (nSPS) is 13.0. The van der Waals surface area contributed by atoms with E-state index in [-0.39, 0.29) is 17.7 Å². The van der Waals surface area contributed by atoms with Crippen LogP contribution in [0.3, 0.4) is 0 Å². The Labute approximate surface area is 184 Å². The summed E-state index contributed by atoms with van der Waals surface area (Å²) in [7, 11) is -8.15. The van der Waals surface area contributed by atoms with Crippen molar-refractivity contribution in [2.45, 2.75) is 17.4 Å². The first-order chi connectivity index (χ1) is 14.9. The lowest BCUT2D eigenvalue weighted by Gasteiger charge is -2.20. The van der Waals surface area contributed by atoms with Crippen molar-refractivity contribution < 1.29 is 30.0 Å². The number of nitrogens with one attached hydrogen (secondary N) is 2. The number of hydrogen-bond donors (Lipinski definition) is 2. The molecule has 170 valence electrons. The first kappa shape index (κ1) is 23.8. The van der Waals surface area contributed by atoms with E-state index in [1.54, 1.807) is 6.07 Å². The predicted molar refractivity (Wildman–Crippen MR) is 114 cm³/mol. The third-order valence-corrected chi connectivity index (χ3v) is 6.51. The Bertz CT molecular complexity index is 1350. The van der Waals surface area contributed by atoms with Crippen molar-refractivity contribution in [3.63, 3.8) is 0 Å². The van der Waals surface area contributed by atoms with Crippen molar-refractivity contribution in [3.05, 3.63) is 95.3 Å². The second-order valence-electron chi connectivity index (χ2n) is 7.08. The molecular weight excluding hydrogens is 465 g/mol. The standard InChI is InChI=1S/C21H19F3N2O4S2/c1-31(27,28)25-18-8-9-21(19(24)13-18)32(29,30)26-20(15-5-3-7-17(23)12-15)11-14-4-2-6-16(22)10-14/h2-10,12-13,20,25-26H,11H2,1H3. The number of hydrogen-bond acceptors (Lipinski definition) is 4. The first-order valence-electron chi connectivity index (χ1n) is 9.22. The van der Waals surface area contributed by atoms with Gasteiger partial charge in [0.1, 0.15) is 22.3 Å². The third kappa shape index (κ3) is 6.31. The number of rotatable bonds is 8. The minimum Gasteiger partial charge on any atom is -0.284 e. The van der Waals surface area contributed by atoms with Gasteiger partial charge in [-0.25, -0.2) is 34.7 Å². The van der Waals surface area contributed by atoms with E-state index in [0.717, 1.165) is 30.5 Å². The van der Waals surface area contributed by atoms with Crippen LogP contribution in [0.1, 0.15) is 17.2 Å². The van der Waals surface area contributed by atoms with E-state index in [0.29, 0.717) is 5.56 Å². The largest absolute Gasteiger partial charge is 0.284 e. The zero-order chi connectivity index (χ0) is 23.5. The Morgan fingerprint density at radius 3 is 2.09 bits per heavy atom. The highest BCUT2D eigenvalue weighted by Crippen LogP contribution is 2.25. The molecule has 6 nitrogen and oxygen atoms in total. The monoisotopic (exact) mass is 484 g/mol. The lowest BCUT2D eigenvalue weighted by molar-refractivity contribution is 0.536. The molecule has 0 radical (unpaired) electrons. The molecular formula is C21H19F3N2O4S2. The lowest BCUT2D eigenvalue weighted by atomic mass is 9.99. The highest BCUT2D eigenvalue weighted by molar-refractivity contribution is 7.92. The van der Waals surface area contributed by atoms with Crippen LogP contribution in [0.15, 0.2) is 71.6 Å². The van der Waals surface area contributed by atoms with Crippen molar-refractivity contribution in [1.29, 1.82) is 0 Å². The lowest BCUT2D eigenvalue weighted by Crippen LogP contribution is -2.31. The fraction of sp³-hybridized carbons (Fsp3) is 0.143. The van der Waals surface area contributed by atoms with Crippen molar-refractivity contribution in [3.8, 4) is 0 Å². The van der Waals surface area contributed by atoms with Crippen LogP contribution >= 0.6 is 0 Å². The number of sulfonamides is 2. The Morgan fingerprint density at radius 2 is 1.50 bits per heavy atom. The fourth-order valence-corrected chi connectivity index (χ4v) is 4.94. The molecule has 0 aliphatic heterocycles. The average Bonchev–Trinajstić information content (AvgIpc) is 2.66. The smallest absolute Gasteiger partial charge is 0.244 e. The van der Waals surface area contributed by atoms with Gasteiger partial charge in [0.05, 0.1) is 18.0 Å². The van der Waals surface area contributed by atoms with Gasteiger partial charge < -0.3 is 0 Å². The van der Waals surface area contributed by atoms with Crippen LogP contribution in [0.4, 0.5) is 18.9 Å². The summed E-state index contributed by atoms with van der Waals surface area (Å²) < 4.78 is 94.7. The molecule has 0 fully saturated rings. The van der Waals surface area contributed by atoms with Crippen molar-refractivity contribution in [2.24, 2.45) is 0 Å². The topological polar surface area (TPSA) is 92.3 Å². The van der Waals surface area contributed by atoms with Crippen LogP contribution < -0.4 is 9.44 Å². The molecule has 32 heavy (non-hydrogen) atoms. The summed E-state index contributed by atoms with van der Waals surface area (Å²) in [6, 6.07) is 12.4. The maximum Gasteiger partial charge on any atom is 0.244 e. The van der Waals surface area contributed by atoms with Crippen LogP contribution in [0.25, 0.3) is 0 Å². The van der Waals surface area contributed by atoms with E-state index in [1.165, 1.54) is 36.4 Å². The van der Waals surface area contributed by atoms with Gasteiger partial charge in [-0.3, -0.25) is 4.72 Å². The molecule has 1 atom stereocenters. The molecule has 3 aromatic rings. The predicted octanol–water partition coefficient (Wildman–Crippen LogP) is 3.74. The van der Waals surface area contributed by atoms with E-state index in [1.807, 2.05) is 0 Å². The molecule has 0 aliphatic carbocycles. The van der Waals surface area contributed by atoms with Crippen molar-refractivity contribution in [1.82, 2.24) is 4.72 Å². The summed E-state index contributed by atoms with van der Waals surface area (Å²) in [5, 5.41) is 0. The molecule has 3 aromatic carbocycles. The molecule has 2 N–H and O–H groups in total. The summed E-state index contributed by atoms with van der Waals surface area (Å²) in [5.74, 6) is -2.31. The number of benzene rings is 3. The van der Waals surface area contributed by atoms with Crippen LogP contribution in [-0.2, 0) is 26.5 Å². The van der Waals surface area contributed by atoms with Gasteiger partial charge in [-0.15, -0.1) is 0 Å². The van der Waals surface area contributed by atoms with Gasteiger partial charge in [-0.2, -0.15) is 0 Å². The zero-order valence-electron chi connectivity index (χ0n) is 16.7. The van der Waals surface area contributed by atoms with E-state index in [4.69, 9.17) is 0 Å². The van der Waals surface area contributed by atoms with Crippen molar-refractivity contribution in [2.75, 3.05) is 11.0 Å². The maximum absolute atomic E-state index is 14.6. The quantitative estimate of drug-likeness (QED) is 0.510. The van der Waals surface area contributed by atoms with E-state index < -0.39 is 48.4 Å². The summed E-state index contributed by atoms with van der Waals surface area (Å²) >= 11 is 0. The van der Waals surface area contributed by atoms with Crippen LogP contribution in [-0.4, -0.2) is 23.1 Å². The van der Waals surface area contributed by atoms with Crippen LogP contribution in [0, 0.1) is 17.5 Å². The Balaban J connectivity index is 1.95. The minimum atomic E-state index is -4.46. The first-order valence-corrected chi connectivity index (χ1v) is 12.6. The third-order valence-electron chi connectivity index (χ3n) is 4.40. The second-order valence-corrected chi connectivity index (χ2v) is 10.5. The average molecular weight is 485 g/mol. The molecule has 3 rings (SSSR count). The fourth-order valence-electron chi connectivity index (χ4n) is 3.10. The van der Waals surface area contributed by atoms with E-state index in [9.17, 15) is 30.0 Å². The molecule has 0 saturated heterocycles. The van der Waals surface area contributed by atoms with Gasteiger partial charge in [0, 0.05) is 0 Å². The highest BCUT2D eigenvalue weighted by atomic mass is 32.2. The van der Waals surface area contributed by atoms with Gasteiger partial charge >= 0.3 is 0 Å². The molecule has 0 saturated carbocycles. The molecule has 11 heteroatoms. The molecule has 1 unspecified atom stereocenters. The van der Waals surface area contributed by atoms with Crippen LogP contribution in [0.5, 0.6) is 0 Å². The van der Waals surface area contributed by atoms with Gasteiger partial charge in [0.2, 0.25) is 20.0 Å². The van der Waals surface area contributed by atoms with Gasteiger partial charge in [0.25, 0.3) is 0 Å². The summed E-state index contributed by atoms with van der Waals surface area (Å²) in [6.45, 7) is 0. The molecule has 0 aromatic heterocycles. The Kier molecular flexibility index (Phi) is 6.91.